The van der Waals surface area contributed by atoms with Gasteiger partial charge in [0.1, 0.15) is 6.04 Å². The van der Waals surface area contributed by atoms with Crippen LogP contribution in [0.2, 0.25) is 0 Å². The second-order valence-electron chi connectivity index (χ2n) is 4.20. The number of nitrogens with one attached hydrogen (secondary N) is 1. The van der Waals surface area contributed by atoms with Crippen LogP contribution < -0.4 is 11.1 Å². The van der Waals surface area contributed by atoms with E-state index in [2.05, 4.69) is 0 Å². The van der Waals surface area contributed by atoms with Gasteiger partial charge in [-0.2, -0.15) is 0 Å². The Labute approximate surface area is 118 Å². The monoisotopic (exact) mass is 304 g/mol. The fourth-order valence-electron chi connectivity index (χ4n) is 1.33. The molecule has 2 atom stereocenters. The lowest BCUT2D eigenvalue weighted by Gasteiger charge is -2.14. The predicted octanol–water partition coefficient (Wildman–Crippen LogP) is -1.82. The summed E-state index contributed by atoms with van der Waals surface area (Å²) in [6.07, 6.45) is -1.58. The number of carboxylic acids is 3. The molecule has 0 spiro atoms. The second-order valence-corrected chi connectivity index (χ2v) is 4.20. The van der Waals surface area contributed by atoms with E-state index in [1.807, 2.05) is 5.32 Å². The van der Waals surface area contributed by atoms with Gasteiger partial charge in [-0.05, 0) is 12.8 Å². The second kappa shape index (κ2) is 8.64. The average Bonchev–Trinajstić information content (AvgIpc) is 2.38. The van der Waals surface area contributed by atoms with Crippen molar-refractivity contribution < 1.29 is 39.3 Å². The number of carbonyl (C=O) groups excluding carboxylic acids is 2. The molecule has 0 aromatic carbocycles. The Morgan fingerprint density at radius 3 is 1.81 bits per heavy atom. The maximum absolute atomic E-state index is 11.5. The normalized spacial score (nSPS) is 13.0. The number of Topliss-reactive ketones (excluding diaryl/α,β-unsaturated/α-hetero) is 1. The minimum absolute atomic E-state index is 0.269. The zero-order chi connectivity index (χ0) is 16.6. The van der Waals surface area contributed by atoms with Gasteiger partial charge in [-0.25, -0.2) is 4.79 Å². The molecular weight excluding hydrogens is 288 g/mol. The summed E-state index contributed by atoms with van der Waals surface area (Å²) in [6.45, 7) is 0. The van der Waals surface area contributed by atoms with Crippen molar-refractivity contribution in [3.8, 4) is 0 Å². The molecule has 6 N–H and O–H groups in total. The van der Waals surface area contributed by atoms with Gasteiger partial charge in [0.15, 0.2) is 0 Å². The van der Waals surface area contributed by atoms with Crippen LogP contribution >= 0.6 is 0 Å². The summed E-state index contributed by atoms with van der Waals surface area (Å²) in [7, 11) is 0. The molecule has 10 nitrogen and oxygen atoms in total. The summed E-state index contributed by atoms with van der Waals surface area (Å²) in [6, 6.07) is -2.90. The largest absolute Gasteiger partial charge is 0.481 e. The van der Waals surface area contributed by atoms with Gasteiger partial charge in [0, 0.05) is 12.8 Å². The van der Waals surface area contributed by atoms with Crippen LogP contribution in [-0.2, 0) is 24.0 Å². The van der Waals surface area contributed by atoms with Crippen molar-refractivity contribution in [2.45, 2.75) is 37.8 Å². The van der Waals surface area contributed by atoms with Gasteiger partial charge in [0.25, 0.3) is 5.91 Å². The SMILES string of the molecule is N[C@@H](CCC(=O)O)C(=O)C(=O)N[C@@H](CCC(=O)O)C(=O)O. The van der Waals surface area contributed by atoms with Crippen LogP contribution in [0.25, 0.3) is 0 Å². The van der Waals surface area contributed by atoms with E-state index in [0.717, 1.165) is 0 Å². The van der Waals surface area contributed by atoms with Crippen LogP contribution in [0.3, 0.4) is 0 Å². The Hall–Kier alpha value is -2.49. The number of rotatable bonds is 10. The van der Waals surface area contributed by atoms with Gasteiger partial charge < -0.3 is 26.4 Å². The van der Waals surface area contributed by atoms with E-state index in [0.29, 0.717) is 0 Å². The lowest BCUT2D eigenvalue weighted by molar-refractivity contribution is -0.145. The van der Waals surface area contributed by atoms with Crippen LogP contribution in [0.15, 0.2) is 0 Å². The molecule has 118 valence electrons. The molecule has 0 unspecified atom stereocenters. The van der Waals surface area contributed by atoms with E-state index < -0.39 is 60.9 Å². The third-order valence-corrected chi connectivity index (χ3v) is 2.48. The Morgan fingerprint density at radius 2 is 1.38 bits per heavy atom. The van der Waals surface area contributed by atoms with Gasteiger partial charge >= 0.3 is 17.9 Å². The molecule has 0 bridgehead atoms. The van der Waals surface area contributed by atoms with Gasteiger partial charge in [-0.3, -0.25) is 19.2 Å². The number of carboxylic acid groups (broad SMARTS) is 3. The van der Waals surface area contributed by atoms with E-state index in [9.17, 15) is 24.0 Å². The minimum Gasteiger partial charge on any atom is -0.481 e. The molecule has 0 fully saturated rings. The number of amides is 1. The van der Waals surface area contributed by atoms with E-state index in [1.165, 1.54) is 0 Å². The highest BCUT2D eigenvalue weighted by Crippen LogP contribution is 2.01. The van der Waals surface area contributed by atoms with Crippen molar-refractivity contribution in [3.63, 3.8) is 0 Å². The zero-order valence-electron chi connectivity index (χ0n) is 10.9. The number of aliphatic carboxylic acids is 3. The quantitative estimate of drug-likeness (QED) is 0.290. The van der Waals surface area contributed by atoms with Crippen LogP contribution in [0, 0.1) is 0 Å². The Kier molecular flexibility index (Phi) is 7.61. The standard InChI is InChI=1S/C11H16N2O8/c12-5(1-3-7(14)15)9(18)10(19)13-6(11(20)21)2-4-8(16)17/h5-6H,1-4,12H2,(H,13,19)(H,14,15)(H,16,17)(H,20,21)/t5-,6-/m0/s1. The third-order valence-electron chi connectivity index (χ3n) is 2.48. The first-order valence-electron chi connectivity index (χ1n) is 5.91. The smallest absolute Gasteiger partial charge is 0.326 e. The fraction of sp³-hybridized carbons (Fsp3) is 0.545. The van der Waals surface area contributed by atoms with E-state index in [1.54, 1.807) is 0 Å². The molecule has 0 rings (SSSR count). The van der Waals surface area contributed by atoms with Crippen molar-refractivity contribution in [1.29, 1.82) is 0 Å². The molecule has 1 amide bonds. The molecule has 10 heteroatoms. The summed E-state index contributed by atoms with van der Waals surface area (Å²) >= 11 is 0. The Balaban J connectivity index is 4.53. The highest BCUT2D eigenvalue weighted by molar-refractivity contribution is 6.38. The van der Waals surface area contributed by atoms with Gasteiger partial charge in [-0.1, -0.05) is 0 Å². The van der Waals surface area contributed by atoms with Crippen LogP contribution in [0.5, 0.6) is 0 Å². The summed E-state index contributed by atoms with van der Waals surface area (Å²) in [5.74, 6) is -6.37. The van der Waals surface area contributed by atoms with Crippen molar-refractivity contribution in [1.82, 2.24) is 5.32 Å². The van der Waals surface area contributed by atoms with Crippen molar-refractivity contribution in [3.05, 3.63) is 0 Å². The summed E-state index contributed by atoms with van der Waals surface area (Å²) in [5.41, 5.74) is 5.33. The van der Waals surface area contributed by atoms with Gasteiger partial charge in [0.2, 0.25) is 5.78 Å². The molecule has 0 radical (unpaired) electrons. The molecular formula is C11H16N2O8. The molecule has 0 aliphatic heterocycles. The Bertz CT molecular complexity index is 448. The molecule has 0 heterocycles. The number of ketones is 1. The number of hydrogen-bond donors (Lipinski definition) is 5. The van der Waals surface area contributed by atoms with Crippen molar-refractivity contribution >= 4 is 29.6 Å². The first kappa shape index (κ1) is 18.5. The third kappa shape index (κ3) is 7.62. The summed E-state index contributed by atoms with van der Waals surface area (Å²) in [4.78, 5) is 54.5. The number of hydrogen-bond acceptors (Lipinski definition) is 6. The van der Waals surface area contributed by atoms with Crippen molar-refractivity contribution in [2.75, 3.05) is 0 Å². The summed E-state index contributed by atoms with van der Waals surface area (Å²) < 4.78 is 0. The van der Waals surface area contributed by atoms with Gasteiger partial charge in [-0.15, -0.1) is 0 Å². The average molecular weight is 304 g/mol. The maximum Gasteiger partial charge on any atom is 0.326 e. The first-order valence-corrected chi connectivity index (χ1v) is 5.91. The molecule has 0 aromatic rings. The maximum atomic E-state index is 11.5. The predicted molar refractivity (Wildman–Crippen MR) is 66.3 cm³/mol. The molecule has 0 aliphatic carbocycles. The first-order chi connectivity index (χ1) is 9.65. The lowest BCUT2D eigenvalue weighted by Crippen LogP contribution is -2.49. The van der Waals surface area contributed by atoms with E-state index in [-0.39, 0.29) is 6.42 Å². The van der Waals surface area contributed by atoms with Crippen LogP contribution in [-0.4, -0.2) is 57.0 Å². The zero-order valence-corrected chi connectivity index (χ0v) is 10.9. The summed E-state index contributed by atoms with van der Waals surface area (Å²) in [5, 5.41) is 27.5. The van der Waals surface area contributed by atoms with Crippen LogP contribution in [0.4, 0.5) is 0 Å². The molecule has 21 heavy (non-hydrogen) atoms. The Morgan fingerprint density at radius 1 is 0.905 bits per heavy atom. The highest BCUT2D eigenvalue weighted by atomic mass is 16.4. The van der Waals surface area contributed by atoms with E-state index in [4.69, 9.17) is 21.1 Å². The lowest BCUT2D eigenvalue weighted by atomic mass is 10.1. The molecule has 0 aromatic heterocycles. The number of nitrogens with two attached hydrogens (primary N) is 1. The molecule has 0 saturated carbocycles. The molecule has 0 saturated heterocycles. The van der Waals surface area contributed by atoms with E-state index >= 15 is 0 Å². The highest BCUT2D eigenvalue weighted by Gasteiger charge is 2.27. The topological polar surface area (TPSA) is 184 Å². The minimum atomic E-state index is -1.54. The van der Waals surface area contributed by atoms with Gasteiger partial charge in [0.05, 0.1) is 6.04 Å². The van der Waals surface area contributed by atoms with Crippen LogP contribution in [0.1, 0.15) is 25.7 Å². The number of carbonyl (C=O) groups is 5. The molecule has 0 aliphatic rings. The van der Waals surface area contributed by atoms with Crippen molar-refractivity contribution in [2.24, 2.45) is 5.73 Å². The fourth-order valence-corrected chi connectivity index (χ4v) is 1.33.